The van der Waals surface area contributed by atoms with Gasteiger partial charge in [-0.1, -0.05) is 6.07 Å². The molecule has 1 amide bonds. The van der Waals surface area contributed by atoms with E-state index in [-0.39, 0.29) is 12.1 Å². The largest absolute Gasteiger partial charge is 0.494 e. The SMILES string of the molecule is CCOc1ccc(/C=N\NC(=O)Cc2csc(Nc3cccc(C(F)(F)F)c3)n2)c(OCC)c1. The first-order valence-electron chi connectivity index (χ1n) is 10.4. The highest BCUT2D eigenvalue weighted by atomic mass is 32.1. The van der Waals surface area contributed by atoms with Crippen LogP contribution in [0.5, 0.6) is 11.5 Å². The fourth-order valence-corrected chi connectivity index (χ4v) is 3.61. The number of carbonyl (C=O) groups excluding carboxylic acids is 1. The molecule has 0 radical (unpaired) electrons. The number of hydrazone groups is 1. The number of benzene rings is 2. The topological polar surface area (TPSA) is 84.8 Å². The Kier molecular flexibility index (Phi) is 8.47. The van der Waals surface area contributed by atoms with Crippen LogP contribution in [0.3, 0.4) is 0 Å². The van der Waals surface area contributed by atoms with Crippen LogP contribution in [0, 0.1) is 0 Å². The molecule has 1 heterocycles. The van der Waals surface area contributed by atoms with Crippen LogP contribution in [0.2, 0.25) is 0 Å². The van der Waals surface area contributed by atoms with E-state index in [2.05, 4.69) is 20.8 Å². The molecule has 180 valence electrons. The summed E-state index contributed by atoms with van der Waals surface area (Å²) < 4.78 is 49.6. The number of hydrogen-bond donors (Lipinski definition) is 2. The average molecular weight is 493 g/mol. The molecule has 0 unspecified atom stereocenters. The second kappa shape index (κ2) is 11.5. The molecule has 0 fully saturated rings. The molecule has 0 bridgehead atoms. The van der Waals surface area contributed by atoms with Crippen LogP contribution in [-0.4, -0.2) is 30.3 Å². The Labute approximate surface area is 198 Å². The Bertz CT molecular complexity index is 1150. The van der Waals surface area contributed by atoms with Gasteiger partial charge >= 0.3 is 6.18 Å². The average Bonchev–Trinajstić information content (AvgIpc) is 3.21. The molecule has 1 aromatic heterocycles. The first kappa shape index (κ1) is 25.0. The van der Waals surface area contributed by atoms with Crippen molar-refractivity contribution >= 4 is 34.3 Å². The second-order valence-corrected chi connectivity index (χ2v) is 7.74. The third-order valence-electron chi connectivity index (χ3n) is 4.32. The zero-order valence-corrected chi connectivity index (χ0v) is 19.3. The molecule has 0 spiro atoms. The van der Waals surface area contributed by atoms with Crippen molar-refractivity contribution in [1.29, 1.82) is 0 Å². The van der Waals surface area contributed by atoms with Crippen molar-refractivity contribution in [3.63, 3.8) is 0 Å². The highest BCUT2D eigenvalue weighted by Gasteiger charge is 2.30. The number of alkyl halides is 3. The summed E-state index contributed by atoms with van der Waals surface area (Å²) in [6, 6.07) is 10.1. The summed E-state index contributed by atoms with van der Waals surface area (Å²) in [5.41, 5.74) is 3.07. The molecule has 0 aliphatic carbocycles. The Balaban J connectivity index is 1.57. The lowest BCUT2D eigenvalue weighted by molar-refractivity contribution is -0.137. The van der Waals surface area contributed by atoms with E-state index in [1.165, 1.54) is 29.7 Å². The van der Waals surface area contributed by atoms with Crippen LogP contribution in [0.15, 0.2) is 52.9 Å². The van der Waals surface area contributed by atoms with Gasteiger partial charge in [-0.15, -0.1) is 11.3 Å². The maximum Gasteiger partial charge on any atom is 0.416 e. The zero-order chi connectivity index (χ0) is 24.6. The first-order chi connectivity index (χ1) is 16.3. The Morgan fingerprint density at radius 1 is 1.15 bits per heavy atom. The number of amides is 1. The Hall–Kier alpha value is -3.60. The van der Waals surface area contributed by atoms with Crippen molar-refractivity contribution in [3.8, 4) is 11.5 Å². The quantitative estimate of drug-likeness (QED) is 0.293. The van der Waals surface area contributed by atoms with E-state index in [0.717, 1.165) is 12.1 Å². The number of carbonyl (C=O) groups is 1. The monoisotopic (exact) mass is 492 g/mol. The molecule has 0 saturated heterocycles. The molecule has 0 atom stereocenters. The standard InChI is InChI=1S/C23H23F3N4O3S/c1-3-32-19-9-8-15(20(12-19)33-4-2)13-27-30-21(31)11-18-14-34-22(29-18)28-17-7-5-6-16(10-17)23(24,25)26/h5-10,12-14H,3-4,11H2,1-2H3,(H,28,29)(H,30,31)/b27-13-. The molecule has 11 heteroatoms. The minimum absolute atomic E-state index is 0.0420. The third kappa shape index (κ3) is 7.20. The summed E-state index contributed by atoms with van der Waals surface area (Å²) in [4.78, 5) is 16.5. The predicted molar refractivity (Wildman–Crippen MR) is 125 cm³/mol. The normalized spacial score (nSPS) is 11.4. The fourth-order valence-electron chi connectivity index (χ4n) is 2.88. The molecular weight excluding hydrogens is 469 g/mol. The molecule has 34 heavy (non-hydrogen) atoms. The van der Waals surface area contributed by atoms with Crippen LogP contribution in [-0.2, 0) is 17.4 Å². The molecule has 2 aromatic carbocycles. The minimum atomic E-state index is -4.43. The van der Waals surface area contributed by atoms with Crippen molar-refractivity contribution in [1.82, 2.24) is 10.4 Å². The molecule has 0 saturated carbocycles. The van der Waals surface area contributed by atoms with Crippen LogP contribution in [0.25, 0.3) is 0 Å². The molecule has 2 N–H and O–H groups in total. The van der Waals surface area contributed by atoms with Crippen LogP contribution >= 0.6 is 11.3 Å². The van der Waals surface area contributed by atoms with Crippen molar-refractivity contribution in [2.75, 3.05) is 18.5 Å². The van der Waals surface area contributed by atoms with Gasteiger partial charge in [0.1, 0.15) is 11.5 Å². The Morgan fingerprint density at radius 2 is 1.94 bits per heavy atom. The van der Waals surface area contributed by atoms with Gasteiger partial charge in [-0.05, 0) is 44.2 Å². The van der Waals surface area contributed by atoms with Gasteiger partial charge < -0.3 is 14.8 Å². The molecular formula is C23H23F3N4O3S. The van der Waals surface area contributed by atoms with Crippen molar-refractivity contribution < 1.29 is 27.4 Å². The van der Waals surface area contributed by atoms with E-state index < -0.39 is 17.6 Å². The van der Waals surface area contributed by atoms with Crippen LogP contribution in [0.1, 0.15) is 30.7 Å². The molecule has 0 aliphatic heterocycles. The number of halogens is 3. The smallest absolute Gasteiger partial charge is 0.416 e. The van der Waals surface area contributed by atoms with Gasteiger partial charge in [-0.2, -0.15) is 18.3 Å². The lowest BCUT2D eigenvalue weighted by atomic mass is 10.2. The summed E-state index contributed by atoms with van der Waals surface area (Å²) in [5.74, 6) is 0.859. The lowest BCUT2D eigenvalue weighted by Gasteiger charge is -2.10. The lowest BCUT2D eigenvalue weighted by Crippen LogP contribution is -2.20. The summed E-state index contributed by atoms with van der Waals surface area (Å²) in [6.45, 7) is 4.74. The van der Waals surface area contributed by atoms with Gasteiger partial charge in [-0.25, -0.2) is 10.4 Å². The molecule has 3 aromatic rings. The highest BCUT2D eigenvalue weighted by Crippen LogP contribution is 2.32. The second-order valence-electron chi connectivity index (χ2n) is 6.88. The summed E-state index contributed by atoms with van der Waals surface area (Å²) in [5, 5.41) is 8.83. The molecule has 0 aliphatic rings. The predicted octanol–water partition coefficient (Wildman–Crippen LogP) is 5.40. The number of rotatable bonds is 10. The first-order valence-corrected chi connectivity index (χ1v) is 11.3. The number of ether oxygens (including phenoxy) is 2. The van der Waals surface area contributed by atoms with Gasteiger partial charge in [0, 0.05) is 22.7 Å². The third-order valence-corrected chi connectivity index (χ3v) is 5.13. The van der Waals surface area contributed by atoms with Gasteiger partial charge in [0.2, 0.25) is 5.91 Å². The summed E-state index contributed by atoms with van der Waals surface area (Å²) in [7, 11) is 0. The number of nitrogens with one attached hydrogen (secondary N) is 2. The summed E-state index contributed by atoms with van der Waals surface area (Å²) >= 11 is 1.18. The van der Waals surface area contributed by atoms with Gasteiger partial charge in [0.25, 0.3) is 0 Å². The van der Waals surface area contributed by atoms with Crippen LogP contribution < -0.4 is 20.2 Å². The fraction of sp³-hybridized carbons (Fsp3) is 0.261. The van der Waals surface area contributed by atoms with Crippen molar-refractivity contribution in [2.24, 2.45) is 5.10 Å². The number of thiazole rings is 1. The minimum Gasteiger partial charge on any atom is -0.494 e. The number of anilines is 2. The molecule has 3 rings (SSSR count). The number of nitrogens with zero attached hydrogens (tertiary/aromatic N) is 2. The maximum absolute atomic E-state index is 12.9. The zero-order valence-electron chi connectivity index (χ0n) is 18.5. The van der Waals surface area contributed by atoms with E-state index in [1.807, 2.05) is 13.8 Å². The van der Waals surface area contributed by atoms with Gasteiger partial charge in [0.05, 0.1) is 37.1 Å². The summed E-state index contributed by atoms with van der Waals surface area (Å²) in [6.07, 6.45) is -3.00. The Morgan fingerprint density at radius 3 is 2.68 bits per heavy atom. The van der Waals surface area contributed by atoms with E-state index in [1.54, 1.807) is 23.6 Å². The molecule has 7 nitrogen and oxygen atoms in total. The number of aromatic nitrogens is 1. The van der Waals surface area contributed by atoms with Crippen molar-refractivity contribution in [2.45, 2.75) is 26.4 Å². The van der Waals surface area contributed by atoms with E-state index >= 15 is 0 Å². The van der Waals surface area contributed by atoms with E-state index in [9.17, 15) is 18.0 Å². The van der Waals surface area contributed by atoms with Crippen molar-refractivity contribution in [3.05, 3.63) is 64.7 Å². The van der Waals surface area contributed by atoms with E-state index in [0.29, 0.717) is 41.1 Å². The van der Waals surface area contributed by atoms with Gasteiger partial charge in [0.15, 0.2) is 5.13 Å². The highest BCUT2D eigenvalue weighted by molar-refractivity contribution is 7.13. The van der Waals surface area contributed by atoms with Gasteiger partial charge in [-0.3, -0.25) is 4.79 Å². The number of hydrogen-bond acceptors (Lipinski definition) is 7. The van der Waals surface area contributed by atoms with Crippen LogP contribution in [0.4, 0.5) is 24.0 Å². The van der Waals surface area contributed by atoms with E-state index in [4.69, 9.17) is 9.47 Å². The maximum atomic E-state index is 12.9.